The van der Waals surface area contributed by atoms with Crippen molar-refractivity contribution in [1.29, 1.82) is 0 Å². The van der Waals surface area contributed by atoms with Gasteiger partial charge >= 0.3 is 0 Å². The smallest absolute Gasteiger partial charge is 0.00202 e. The predicted molar refractivity (Wildman–Crippen MR) is 168 cm³/mol. The monoisotopic (exact) mass is 498 g/mol. The molecular weight excluding hydrogens is 456 g/mol. The van der Waals surface area contributed by atoms with E-state index in [2.05, 4.69) is 114 Å². The summed E-state index contributed by atoms with van der Waals surface area (Å²) >= 11 is 0. The van der Waals surface area contributed by atoms with Gasteiger partial charge in [-0.05, 0) is 119 Å². The molecular formula is C38H42. The molecule has 0 N–H and O–H groups in total. The van der Waals surface area contributed by atoms with Crippen LogP contribution < -0.4 is 0 Å². The zero-order chi connectivity index (χ0) is 26.8. The van der Waals surface area contributed by atoms with Crippen LogP contribution in [0, 0.1) is 27.7 Å². The van der Waals surface area contributed by atoms with Gasteiger partial charge in [0.25, 0.3) is 0 Å². The first-order valence-corrected chi connectivity index (χ1v) is 14.6. The molecule has 0 aromatic heterocycles. The molecule has 0 unspecified atom stereocenters. The second-order valence-corrected chi connectivity index (χ2v) is 11.3. The van der Waals surface area contributed by atoms with E-state index >= 15 is 0 Å². The van der Waals surface area contributed by atoms with E-state index in [0.717, 1.165) is 12.8 Å². The van der Waals surface area contributed by atoms with Gasteiger partial charge in [-0.15, -0.1) is 0 Å². The average Bonchev–Trinajstić information content (AvgIpc) is 2.91. The fourth-order valence-electron chi connectivity index (χ4n) is 5.95. The van der Waals surface area contributed by atoms with Gasteiger partial charge in [-0.1, -0.05) is 111 Å². The number of hydrogen-bond donors (Lipinski definition) is 0. The fraction of sp³-hybridized carbons (Fsp3) is 0.316. The third-order valence-corrected chi connectivity index (χ3v) is 8.31. The van der Waals surface area contributed by atoms with Crippen molar-refractivity contribution in [1.82, 2.24) is 0 Å². The summed E-state index contributed by atoms with van der Waals surface area (Å²) in [6, 6.07) is 28.3. The molecule has 0 heterocycles. The number of benzene rings is 5. The van der Waals surface area contributed by atoms with E-state index < -0.39 is 0 Å². The third kappa shape index (κ3) is 5.02. The molecule has 0 saturated carbocycles. The van der Waals surface area contributed by atoms with Gasteiger partial charge in [-0.3, -0.25) is 0 Å². The van der Waals surface area contributed by atoms with Crippen LogP contribution in [-0.4, -0.2) is 0 Å². The Balaban J connectivity index is 1.96. The number of rotatable bonds is 8. The number of aryl methyl sites for hydroxylation is 6. The highest BCUT2D eigenvalue weighted by molar-refractivity contribution is 6.22. The quantitative estimate of drug-likeness (QED) is 0.187. The lowest BCUT2D eigenvalue weighted by Gasteiger charge is -2.22. The fourth-order valence-corrected chi connectivity index (χ4v) is 5.95. The minimum atomic E-state index is 1.15. The Morgan fingerprint density at radius 1 is 0.447 bits per heavy atom. The van der Waals surface area contributed by atoms with Crippen LogP contribution in [0.1, 0.15) is 72.9 Å². The molecule has 0 heteroatoms. The summed E-state index contributed by atoms with van der Waals surface area (Å²) < 4.78 is 0. The minimum absolute atomic E-state index is 1.15. The van der Waals surface area contributed by atoms with Crippen molar-refractivity contribution in [3.8, 4) is 22.3 Å². The molecule has 0 nitrogen and oxygen atoms in total. The van der Waals surface area contributed by atoms with E-state index in [1.165, 1.54) is 103 Å². The average molecular weight is 499 g/mol. The molecule has 0 fully saturated rings. The van der Waals surface area contributed by atoms with Crippen LogP contribution in [0.3, 0.4) is 0 Å². The van der Waals surface area contributed by atoms with Crippen molar-refractivity contribution in [2.24, 2.45) is 0 Å². The van der Waals surface area contributed by atoms with Crippen LogP contribution in [-0.2, 0) is 12.8 Å². The summed E-state index contributed by atoms with van der Waals surface area (Å²) in [5.41, 5.74) is 13.7. The van der Waals surface area contributed by atoms with Gasteiger partial charge in [0.15, 0.2) is 0 Å². The number of hydrogen-bond acceptors (Lipinski definition) is 0. The van der Waals surface area contributed by atoms with Gasteiger partial charge in [-0.25, -0.2) is 0 Å². The van der Waals surface area contributed by atoms with Gasteiger partial charge in [0.1, 0.15) is 0 Å². The van der Waals surface area contributed by atoms with Crippen LogP contribution >= 0.6 is 0 Å². The molecule has 0 radical (unpaired) electrons. The van der Waals surface area contributed by atoms with Gasteiger partial charge in [0.2, 0.25) is 0 Å². The molecule has 0 aliphatic carbocycles. The first-order chi connectivity index (χ1) is 18.4. The second-order valence-electron chi connectivity index (χ2n) is 11.3. The van der Waals surface area contributed by atoms with E-state index in [9.17, 15) is 0 Å². The highest BCUT2D eigenvalue weighted by atomic mass is 14.2. The molecule has 0 atom stereocenters. The van der Waals surface area contributed by atoms with Crippen molar-refractivity contribution in [2.75, 3.05) is 0 Å². The van der Waals surface area contributed by atoms with Gasteiger partial charge in [0.05, 0.1) is 0 Å². The third-order valence-electron chi connectivity index (χ3n) is 8.31. The Labute approximate surface area is 229 Å². The van der Waals surface area contributed by atoms with Crippen LogP contribution in [0.15, 0.2) is 72.8 Å². The molecule has 0 aliphatic rings. The Kier molecular flexibility index (Phi) is 7.70. The van der Waals surface area contributed by atoms with E-state index in [-0.39, 0.29) is 0 Å². The lowest BCUT2D eigenvalue weighted by Crippen LogP contribution is -1.98. The number of fused-ring (bicyclic) bond motifs is 3. The van der Waals surface area contributed by atoms with Gasteiger partial charge in [-0.2, -0.15) is 0 Å². The standard InChI is InChI=1S/C38H42/c1-7-9-11-31-23-33-34-24-32(12-10-8-2)28(6)22-36(34)38(30-19-15-26(4)16-20-30)37(35(33)21-27(31)5)29-17-13-25(3)14-18-29/h13-24H,7-12H2,1-6H3. The van der Waals surface area contributed by atoms with E-state index in [1.54, 1.807) is 0 Å². The Morgan fingerprint density at radius 3 is 1.16 bits per heavy atom. The van der Waals surface area contributed by atoms with Gasteiger partial charge < -0.3 is 0 Å². The summed E-state index contributed by atoms with van der Waals surface area (Å²) in [6.07, 6.45) is 7.20. The topological polar surface area (TPSA) is 0 Å². The largest absolute Gasteiger partial charge is 0.0654 e. The maximum Gasteiger partial charge on any atom is -0.00202 e. The molecule has 5 rings (SSSR count). The van der Waals surface area contributed by atoms with E-state index in [4.69, 9.17) is 0 Å². The molecule has 0 saturated heterocycles. The molecule has 194 valence electrons. The summed E-state index contributed by atoms with van der Waals surface area (Å²) in [5.74, 6) is 0. The van der Waals surface area contributed by atoms with Crippen molar-refractivity contribution in [2.45, 2.75) is 80.1 Å². The maximum atomic E-state index is 2.53. The second kappa shape index (κ2) is 11.2. The van der Waals surface area contributed by atoms with Crippen molar-refractivity contribution < 1.29 is 0 Å². The summed E-state index contributed by atoms with van der Waals surface area (Å²) in [4.78, 5) is 0. The molecule has 0 spiro atoms. The van der Waals surface area contributed by atoms with Crippen molar-refractivity contribution >= 4 is 21.5 Å². The molecule has 5 aromatic rings. The van der Waals surface area contributed by atoms with Gasteiger partial charge in [0, 0.05) is 0 Å². The summed E-state index contributed by atoms with van der Waals surface area (Å²) in [7, 11) is 0. The molecule has 0 amide bonds. The summed E-state index contributed by atoms with van der Waals surface area (Å²) in [6.45, 7) is 13.5. The lowest BCUT2D eigenvalue weighted by molar-refractivity contribution is 0.792. The zero-order valence-corrected chi connectivity index (χ0v) is 24.2. The normalized spacial score (nSPS) is 11.5. The highest BCUT2D eigenvalue weighted by Gasteiger charge is 2.20. The first kappa shape index (κ1) is 26.2. The Hall–Kier alpha value is -3.38. The van der Waals surface area contributed by atoms with Crippen molar-refractivity contribution in [3.63, 3.8) is 0 Å². The van der Waals surface area contributed by atoms with E-state index in [0.29, 0.717) is 0 Å². The Morgan fingerprint density at radius 2 is 0.816 bits per heavy atom. The predicted octanol–water partition coefficient (Wildman–Crippen LogP) is 11.2. The highest BCUT2D eigenvalue weighted by Crippen LogP contribution is 2.46. The van der Waals surface area contributed by atoms with Crippen LogP contribution in [0.4, 0.5) is 0 Å². The number of unbranched alkanes of at least 4 members (excludes halogenated alkanes) is 2. The molecule has 0 bridgehead atoms. The Bertz CT molecular complexity index is 1460. The zero-order valence-electron chi connectivity index (χ0n) is 24.2. The van der Waals surface area contributed by atoms with Crippen LogP contribution in [0.2, 0.25) is 0 Å². The minimum Gasteiger partial charge on any atom is -0.0654 e. The molecule has 0 aliphatic heterocycles. The summed E-state index contributed by atoms with van der Waals surface area (Å²) in [5, 5.41) is 5.56. The van der Waals surface area contributed by atoms with Crippen LogP contribution in [0.5, 0.6) is 0 Å². The van der Waals surface area contributed by atoms with E-state index in [1.807, 2.05) is 0 Å². The van der Waals surface area contributed by atoms with Crippen molar-refractivity contribution in [3.05, 3.63) is 106 Å². The SMILES string of the molecule is CCCCc1cc2c(cc1C)c(-c1ccc(C)cc1)c(-c1ccc(C)cc1)c1cc(C)c(CCCC)cc12. The molecule has 38 heavy (non-hydrogen) atoms. The van der Waals surface area contributed by atoms with Crippen LogP contribution in [0.25, 0.3) is 43.8 Å². The lowest BCUT2D eigenvalue weighted by atomic mass is 9.82. The molecule has 5 aromatic carbocycles. The maximum absolute atomic E-state index is 2.53. The first-order valence-electron chi connectivity index (χ1n) is 14.6.